The van der Waals surface area contributed by atoms with Crippen molar-refractivity contribution in [1.82, 2.24) is 0 Å². The Hall–Kier alpha value is -1.82. The SMILES string of the molecule is CCC1(CC)C(O)CC1Oc1ccc(OC)cc1[N+](=O)[O-]. The molecule has 6 nitrogen and oxygen atoms in total. The second kappa shape index (κ2) is 5.89. The van der Waals surface area contributed by atoms with Crippen molar-refractivity contribution in [3.8, 4) is 11.5 Å². The van der Waals surface area contributed by atoms with Crippen molar-refractivity contribution in [2.45, 2.75) is 45.3 Å². The maximum Gasteiger partial charge on any atom is 0.314 e. The summed E-state index contributed by atoms with van der Waals surface area (Å²) < 4.78 is 10.9. The van der Waals surface area contributed by atoms with Crippen LogP contribution in [0.5, 0.6) is 11.5 Å². The molecule has 1 aromatic rings. The van der Waals surface area contributed by atoms with Crippen molar-refractivity contribution in [3.63, 3.8) is 0 Å². The molecule has 1 saturated carbocycles. The topological polar surface area (TPSA) is 81.8 Å². The second-order valence-corrected chi connectivity index (χ2v) is 5.39. The maximum atomic E-state index is 11.2. The van der Waals surface area contributed by atoms with Crippen LogP contribution in [0.1, 0.15) is 33.1 Å². The van der Waals surface area contributed by atoms with Crippen molar-refractivity contribution in [1.29, 1.82) is 0 Å². The molecule has 0 bridgehead atoms. The van der Waals surface area contributed by atoms with Crippen LogP contribution in [0.25, 0.3) is 0 Å². The van der Waals surface area contributed by atoms with Crippen LogP contribution in [0.4, 0.5) is 5.69 Å². The molecular formula is C15H21NO5. The van der Waals surface area contributed by atoms with Crippen LogP contribution in [0.2, 0.25) is 0 Å². The molecule has 0 saturated heterocycles. The van der Waals surface area contributed by atoms with E-state index in [-0.39, 0.29) is 23.0 Å². The van der Waals surface area contributed by atoms with E-state index in [0.29, 0.717) is 12.2 Å². The molecule has 1 aliphatic rings. The Morgan fingerprint density at radius 2 is 2.10 bits per heavy atom. The van der Waals surface area contributed by atoms with E-state index < -0.39 is 11.0 Å². The number of methoxy groups -OCH3 is 1. The Morgan fingerprint density at radius 3 is 2.57 bits per heavy atom. The number of hydrogen-bond donors (Lipinski definition) is 1. The van der Waals surface area contributed by atoms with Gasteiger partial charge in [-0.3, -0.25) is 10.1 Å². The van der Waals surface area contributed by atoms with Crippen molar-refractivity contribution in [2.75, 3.05) is 7.11 Å². The Bertz CT molecular complexity index is 527. The van der Waals surface area contributed by atoms with Crippen molar-refractivity contribution >= 4 is 5.69 Å². The number of benzene rings is 1. The minimum absolute atomic E-state index is 0.114. The first-order chi connectivity index (χ1) is 9.98. The standard InChI is InChI=1S/C15H21NO5/c1-4-15(5-2)13(17)9-14(15)21-12-7-6-10(20-3)8-11(12)16(18)19/h6-8,13-14,17H,4-5,9H2,1-3H3. The van der Waals surface area contributed by atoms with Gasteiger partial charge in [0, 0.05) is 11.8 Å². The van der Waals surface area contributed by atoms with Crippen LogP contribution in [0.15, 0.2) is 18.2 Å². The lowest BCUT2D eigenvalue weighted by molar-refractivity contribution is -0.386. The van der Waals surface area contributed by atoms with E-state index in [4.69, 9.17) is 9.47 Å². The van der Waals surface area contributed by atoms with E-state index in [1.165, 1.54) is 13.2 Å². The number of aliphatic hydroxyl groups excluding tert-OH is 1. The van der Waals surface area contributed by atoms with Crippen LogP contribution in [0.3, 0.4) is 0 Å². The van der Waals surface area contributed by atoms with E-state index in [0.717, 1.165) is 12.8 Å². The van der Waals surface area contributed by atoms with Gasteiger partial charge in [0.2, 0.25) is 0 Å². The lowest BCUT2D eigenvalue weighted by Gasteiger charge is -2.52. The minimum atomic E-state index is -0.480. The van der Waals surface area contributed by atoms with Crippen molar-refractivity contribution in [2.24, 2.45) is 5.41 Å². The normalized spacial score (nSPS) is 23.2. The minimum Gasteiger partial charge on any atom is -0.496 e. The first-order valence-electron chi connectivity index (χ1n) is 7.15. The molecule has 2 atom stereocenters. The molecule has 1 N–H and O–H groups in total. The summed E-state index contributed by atoms with van der Waals surface area (Å²) in [6.07, 6.45) is 1.45. The first-order valence-corrected chi connectivity index (χ1v) is 7.15. The lowest BCUT2D eigenvalue weighted by Crippen LogP contribution is -2.59. The molecular weight excluding hydrogens is 274 g/mol. The highest BCUT2D eigenvalue weighted by molar-refractivity contribution is 5.51. The Labute approximate surface area is 123 Å². The highest BCUT2D eigenvalue weighted by Gasteiger charge is 2.54. The van der Waals surface area contributed by atoms with Crippen LogP contribution in [-0.4, -0.2) is 29.3 Å². The van der Waals surface area contributed by atoms with Gasteiger partial charge in [0.25, 0.3) is 0 Å². The summed E-state index contributed by atoms with van der Waals surface area (Å²) in [7, 11) is 1.46. The number of aliphatic hydroxyl groups is 1. The summed E-state index contributed by atoms with van der Waals surface area (Å²) in [5, 5.41) is 21.2. The molecule has 0 aliphatic heterocycles. The molecule has 2 unspecified atom stereocenters. The van der Waals surface area contributed by atoms with Gasteiger partial charge in [0.05, 0.1) is 24.2 Å². The number of ether oxygens (including phenoxy) is 2. The number of nitrogens with zero attached hydrogens (tertiary/aromatic N) is 1. The van der Waals surface area contributed by atoms with Crippen molar-refractivity contribution in [3.05, 3.63) is 28.3 Å². The summed E-state index contributed by atoms with van der Waals surface area (Å²) in [6.45, 7) is 4.01. The molecule has 0 spiro atoms. The van der Waals surface area contributed by atoms with Crippen LogP contribution in [0, 0.1) is 15.5 Å². The first kappa shape index (κ1) is 15.6. The molecule has 21 heavy (non-hydrogen) atoms. The summed E-state index contributed by atoms with van der Waals surface area (Å²) in [5.41, 5.74) is -0.426. The lowest BCUT2D eigenvalue weighted by atomic mass is 9.60. The van der Waals surface area contributed by atoms with Gasteiger partial charge in [-0.05, 0) is 25.0 Å². The molecule has 116 valence electrons. The zero-order valence-corrected chi connectivity index (χ0v) is 12.5. The average Bonchev–Trinajstić information content (AvgIpc) is 2.48. The fourth-order valence-corrected chi connectivity index (χ4v) is 3.09. The molecule has 1 aliphatic carbocycles. The average molecular weight is 295 g/mol. The Morgan fingerprint density at radius 1 is 1.43 bits per heavy atom. The maximum absolute atomic E-state index is 11.2. The Balaban J connectivity index is 2.26. The zero-order valence-electron chi connectivity index (χ0n) is 12.5. The van der Waals surface area contributed by atoms with Gasteiger partial charge in [-0.15, -0.1) is 0 Å². The number of rotatable bonds is 6. The van der Waals surface area contributed by atoms with Gasteiger partial charge in [-0.1, -0.05) is 13.8 Å². The highest BCUT2D eigenvalue weighted by Crippen LogP contribution is 2.49. The third-order valence-electron chi connectivity index (χ3n) is 4.69. The molecule has 0 heterocycles. The Kier molecular flexibility index (Phi) is 4.37. The van der Waals surface area contributed by atoms with E-state index in [1.807, 2.05) is 13.8 Å². The van der Waals surface area contributed by atoms with Crippen LogP contribution < -0.4 is 9.47 Å². The third-order valence-corrected chi connectivity index (χ3v) is 4.69. The molecule has 0 radical (unpaired) electrons. The smallest absolute Gasteiger partial charge is 0.314 e. The summed E-state index contributed by atoms with van der Waals surface area (Å²) in [5.74, 6) is 0.643. The summed E-state index contributed by atoms with van der Waals surface area (Å²) in [6, 6.07) is 4.54. The second-order valence-electron chi connectivity index (χ2n) is 5.39. The predicted octanol–water partition coefficient (Wildman–Crippen LogP) is 2.92. The van der Waals surface area contributed by atoms with Gasteiger partial charge in [0.15, 0.2) is 5.75 Å². The molecule has 0 aromatic heterocycles. The molecule has 2 rings (SSSR count). The van der Waals surface area contributed by atoms with Gasteiger partial charge in [-0.2, -0.15) is 0 Å². The summed E-state index contributed by atoms with van der Waals surface area (Å²) >= 11 is 0. The quantitative estimate of drug-likeness (QED) is 0.644. The van der Waals surface area contributed by atoms with Gasteiger partial charge in [-0.25, -0.2) is 0 Å². The molecule has 1 fully saturated rings. The zero-order chi connectivity index (χ0) is 15.6. The van der Waals surface area contributed by atoms with Crippen LogP contribution >= 0.6 is 0 Å². The van der Waals surface area contributed by atoms with Gasteiger partial charge in [0.1, 0.15) is 11.9 Å². The van der Waals surface area contributed by atoms with E-state index in [1.54, 1.807) is 12.1 Å². The third kappa shape index (κ3) is 2.55. The van der Waals surface area contributed by atoms with Crippen LogP contribution in [-0.2, 0) is 0 Å². The summed E-state index contributed by atoms with van der Waals surface area (Å²) in [4.78, 5) is 10.7. The monoisotopic (exact) mass is 295 g/mol. The number of nitro groups is 1. The highest BCUT2D eigenvalue weighted by atomic mass is 16.6. The van der Waals surface area contributed by atoms with E-state index >= 15 is 0 Å². The fraction of sp³-hybridized carbons (Fsp3) is 0.600. The predicted molar refractivity (Wildman–Crippen MR) is 77.7 cm³/mol. The molecule has 1 aromatic carbocycles. The fourth-order valence-electron chi connectivity index (χ4n) is 3.09. The largest absolute Gasteiger partial charge is 0.496 e. The number of hydrogen-bond acceptors (Lipinski definition) is 5. The van der Waals surface area contributed by atoms with Gasteiger partial charge < -0.3 is 14.6 Å². The number of nitro benzene ring substituents is 1. The van der Waals surface area contributed by atoms with Gasteiger partial charge >= 0.3 is 5.69 Å². The molecule has 6 heteroatoms. The molecule has 0 amide bonds. The van der Waals surface area contributed by atoms with E-state index in [2.05, 4.69) is 0 Å². The van der Waals surface area contributed by atoms with E-state index in [9.17, 15) is 15.2 Å². The van der Waals surface area contributed by atoms with Crippen molar-refractivity contribution < 1.29 is 19.5 Å².